The molecule has 11 nitrogen and oxygen atoms in total. The summed E-state index contributed by atoms with van der Waals surface area (Å²) in [6.45, 7) is 1.63. The lowest BCUT2D eigenvalue weighted by molar-refractivity contribution is -0.0564. The Kier molecular flexibility index (Phi) is 5.58. The zero-order valence-corrected chi connectivity index (χ0v) is 16.5. The second kappa shape index (κ2) is 7.83. The minimum absolute atomic E-state index is 0.108. The highest BCUT2D eigenvalue weighted by atomic mass is 35.5. The summed E-state index contributed by atoms with van der Waals surface area (Å²) in [6.07, 6.45) is 1.15. The number of halogens is 1. The number of anilines is 1. The quantitative estimate of drug-likeness (QED) is 0.443. The van der Waals surface area contributed by atoms with Crippen molar-refractivity contribution in [2.75, 3.05) is 30.9 Å². The molecule has 4 heterocycles. The fraction of sp³-hybridized carbons (Fsp3) is 0.667. The van der Waals surface area contributed by atoms with Crippen LogP contribution in [0.5, 0.6) is 0 Å². The average molecular weight is 434 g/mol. The maximum absolute atomic E-state index is 10.9. The lowest BCUT2D eigenvalue weighted by atomic mass is 10.2. The first kappa shape index (κ1) is 20.0. The molecule has 2 saturated heterocycles. The maximum atomic E-state index is 10.9. The van der Waals surface area contributed by atoms with Gasteiger partial charge in [-0.1, -0.05) is 0 Å². The molecule has 0 aromatic carbocycles. The summed E-state index contributed by atoms with van der Waals surface area (Å²) in [5, 5.41) is 10.3. The third-order valence-electron chi connectivity index (χ3n) is 4.84. The van der Waals surface area contributed by atoms with E-state index in [1.54, 1.807) is 10.9 Å². The standard InChI is InChI=1S/C15H21ClN5O6P/c16-15-18-13(20-3-1-2-4-20)12-14(19-15)21(7-17-12)11-5-9(22)10(27-11)6-26-8-28(23,24)25/h7,9-11,22H,1-6,8H2,(H2,23,24,25)/t9-,10?,11?/m0/s1. The molecule has 2 aliphatic heterocycles. The number of ether oxygens (including phenoxy) is 2. The van der Waals surface area contributed by atoms with Crippen LogP contribution in [0.2, 0.25) is 5.28 Å². The van der Waals surface area contributed by atoms with E-state index in [0.29, 0.717) is 17.0 Å². The van der Waals surface area contributed by atoms with E-state index >= 15 is 0 Å². The predicted octanol–water partition coefficient (Wildman–Crippen LogP) is 0.880. The van der Waals surface area contributed by atoms with E-state index in [9.17, 15) is 9.67 Å². The van der Waals surface area contributed by atoms with Crippen LogP contribution in [0.25, 0.3) is 11.2 Å². The van der Waals surface area contributed by atoms with Crippen molar-refractivity contribution in [1.82, 2.24) is 19.5 Å². The molecule has 2 aromatic rings. The number of imidazole rings is 1. The van der Waals surface area contributed by atoms with E-state index in [4.69, 9.17) is 30.9 Å². The first-order valence-corrected chi connectivity index (χ1v) is 11.1. The van der Waals surface area contributed by atoms with E-state index in [0.717, 1.165) is 25.9 Å². The van der Waals surface area contributed by atoms with Gasteiger partial charge in [0.15, 0.2) is 17.0 Å². The van der Waals surface area contributed by atoms with Gasteiger partial charge in [0.1, 0.15) is 18.7 Å². The van der Waals surface area contributed by atoms with Gasteiger partial charge in [0.25, 0.3) is 0 Å². The Balaban J connectivity index is 1.54. The Morgan fingerprint density at radius 2 is 2.07 bits per heavy atom. The van der Waals surface area contributed by atoms with Crippen LogP contribution in [0.1, 0.15) is 25.5 Å². The minimum atomic E-state index is -4.27. The molecule has 0 aliphatic carbocycles. The van der Waals surface area contributed by atoms with Crippen LogP contribution in [0.3, 0.4) is 0 Å². The summed E-state index contributed by atoms with van der Waals surface area (Å²) >= 11 is 6.13. The monoisotopic (exact) mass is 433 g/mol. The molecule has 154 valence electrons. The molecule has 2 aromatic heterocycles. The van der Waals surface area contributed by atoms with Crippen molar-refractivity contribution in [3.05, 3.63) is 11.6 Å². The summed E-state index contributed by atoms with van der Waals surface area (Å²) in [7, 11) is -4.27. The third kappa shape index (κ3) is 4.16. The van der Waals surface area contributed by atoms with Gasteiger partial charge >= 0.3 is 7.60 Å². The van der Waals surface area contributed by atoms with Crippen LogP contribution in [0.4, 0.5) is 5.82 Å². The van der Waals surface area contributed by atoms with Crippen LogP contribution < -0.4 is 4.90 Å². The van der Waals surface area contributed by atoms with Gasteiger partial charge in [0, 0.05) is 19.5 Å². The van der Waals surface area contributed by atoms with Crippen LogP contribution >= 0.6 is 19.2 Å². The number of hydrogen-bond donors (Lipinski definition) is 3. The van der Waals surface area contributed by atoms with Crippen molar-refractivity contribution in [3.63, 3.8) is 0 Å². The molecule has 2 aliphatic rings. The normalized spacial score (nSPS) is 25.9. The molecule has 0 radical (unpaired) electrons. The van der Waals surface area contributed by atoms with Gasteiger partial charge in [-0.3, -0.25) is 9.13 Å². The minimum Gasteiger partial charge on any atom is -0.390 e. The number of aromatic nitrogens is 4. The molecule has 0 spiro atoms. The Bertz CT molecular complexity index is 900. The first-order valence-electron chi connectivity index (χ1n) is 8.93. The third-order valence-corrected chi connectivity index (χ3v) is 5.53. The molecule has 3 atom stereocenters. The zero-order valence-electron chi connectivity index (χ0n) is 14.9. The molecule has 0 amide bonds. The van der Waals surface area contributed by atoms with Crippen LogP contribution in [-0.4, -0.2) is 72.7 Å². The fourth-order valence-corrected chi connectivity index (χ4v) is 4.06. The summed E-state index contributed by atoms with van der Waals surface area (Å²) in [4.78, 5) is 32.9. The van der Waals surface area contributed by atoms with E-state index < -0.39 is 32.4 Å². The highest BCUT2D eigenvalue weighted by Crippen LogP contribution is 2.36. The maximum Gasteiger partial charge on any atom is 0.350 e. The molecule has 2 unspecified atom stereocenters. The Labute approximate surface area is 165 Å². The van der Waals surface area contributed by atoms with Crippen molar-refractivity contribution in [2.45, 2.75) is 37.7 Å². The molecular formula is C15H21ClN5O6P. The van der Waals surface area contributed by atoms with Crippen molar-refractivity contribution in [2.24, 2.45) is 0 Å². The predicted molar refractivity (Wildman–Crippen MR) is 99.2 cm³/mol. The van der Waals surface area contributed by atoms with Gasteiger partial charge in [-0.15, -0.1) is 0 Å². The second-order valence-electron chi connectivity index (χ2n) is 6.93. The van der Waals surface area contributed by atoms with E-state index in [2.05, 4.69) is 19.9 Å². The smallest absolute Gasteiger partial charge is 0.350 e. The lowest BCUT2D eigenvalue weighted by Crippen LogP contribution is -2.26. The molecule has 13 heteroatoms. The number of aliphatic hydroxyl groups excluding tert-OH is 1. The van der Waals surface area contributed by atoms with Gasteiger partial charge in [0.2, 0.25) is 5.28 Å². The topological polar surface area (TPSA) is 143 Å². The zero-order chi connectivity index (χ0) is 19.9. The molecule has 28 heavy (non-hydrogen) atoms. The molecule has 2 fully saturated rings. The second-order valence-corrected chi connectivity index (χ2v) is 8.86. The van der Waals surface area contributed by atoms with Crippen LogP contribution in [0.15, 0.2) is 6.33 Å². The average Bonchev–Trinajstić information content (AvgIpc) is 3.33. The van der Waals surface area contributed by atoms with Crippen molar-refractivity contribution >= 4 is 36.2 Å². The molecule has 0 bridgehead atoms. The van der Waals surface area contributed by atoms with Gasteiger partial charge in [-0.05, 0) is 24.4 Å². The highest BCUT2D eigenvalue weighted by Gasteiger charge is 2.36. The summed E-state index contributed by atoms with van der Waals surface area (Å²) in [5.41, 5.74) is 1.13. The number of fused-ring (bicyclic) bond motifs is 1. The van der Waals surface area contributed by atoms with E-state index in [-0.39, 0.29) is 18.3 Å². The number of rotatable bonds is 6. The van der Waals surface area contributed by atoms with Gasteiger partial charge in [-0.25, -0.2) is 4.98 Å². The summed E-state index contributed by atoms with van der Waals surface area (Å²) < 4.78 is 23.4. The summed E-state index contributed by atoms with van der Waals surface area (Å²) in [6, 6.07) is 0. The largest absolute Gasteiger partial charge is 0.390 e. The van der Waals surface area contributed by atoms with Gasteiger partial charge in [0.05, 0.1) is 19.0 Å². The molecule has 4 rings (SSSR count). The van der Waals surface area contributed by atoms with Crippen LogP contribution in [-0.2, 0) is 14.0 Å². The van der Waals surface area contributed by atoms with Gasteiger partial charge < -0.3 is 29.3 Å². The first-order chi connectivity index (χ1) is 13.3. The van der Waals surface area contributed by atoms with E-state index in [1.807, 2.05) is 0 Å². The van der Waals surface area contributed by atoms with Crippen molar-refractivity contribution in [1.29, 1.82) is 0 Å². The van der Waals surface area contributed by atoms with E-state index in [1.165, 1.54) is 0 Å². The van der Waals surface area contributed by atoms with Crippen LogP contribution in [0, 0.1) is 0 Å². The Morgan fingerprint density at radius 1 is 1.32 bits per heavy atom. The lowest BCUT2D eigenvalue weighted by Gasteiger charge is -2.18. The molecule has 3 N–H and O–H groups in total. The van der Waals surface area contributed by atoms with Crippen molar-refractivity contribution in [3.8, 4) is 0 Å². The number of aliphatic hydroxyl groups is 1. The fourth-order valence-electron chi connectivity index (χ4n) is 3.56. The number of nitrogens with zero attached hydrogens (tertiary/aromatic N) is 5. The summed E-state index contributed by atoms with van der Waals surface area (Å²) in [5.74, 6) is 0.686. The number of hydrogen-bond acceptors (Lipinski definition) is 8. The Hall–Kier alpha value is -1.33. The molecule has 0 saturated carbocycles. The molecular weight excluding hydrogens is 413 g/mol. The van der Waals surface area contributed by atoms with Crippen molar-refractivity contribution < 1.29 is 28.9 Å². The SMILES string of the molecule is O=P(O)(O)COCC1OC(n2cnc3c(N4CCCC4)nc(Cl)nc32)C[C@@H]1O. The highest BCUT2D eigenvalue weighted by molar-refractivity contribution is 7.51. The van der Waals surface area contributed by atoms with Gasteiger partial charge in [-0.2, -0.15) is 9.97 Å². The Morgan fingerprint density at radius 3 is 2.79 bits per heavy atom.